The Bertz CT molecular complexity index is 689. The van der Waals surface area contributed by atoms with Gasteiger partial charge in [-0.2, -0.15) is 10.1 Å². The first-order valence-corrected chi connectivity index (χ1v) is 10.6. The summed E-state index contributed by atoms with van der Waals surface area (Å²) in [4.78, 5) is 7.07. The van der Waals surface area contributed by atoms with Gasteiger partial charge >= 0.3 is 0 Å². The van der Waals surface area contributed by atoms with Crippen molar-refractivity contribution in [3.8, 4) is 0 Å². The molecule has 0 unspecified atom stereocenters. The SMILES string of the molecule is c1ccc(CC2CCN(c3nncc(NC4CCCCCC4)n3)CC2)cc1. The van der Waals surface area contributed by atoms with Crippen molar-refractivity contribution in [1.82, 2.24) is 15.2 Å². The molecule has 1 N–H and O–H groups in total. The second-order valence-corrected chi connectivity index (χ2v) is 8.09. The Labute approximate surface area is 162 Å². The Kier molecular flexibility index (Phi) is 6.17. The molecular weight excluding hydrogens is 334 g/mol. The number of aromatic nitrogens is 3. The van der Waals surface area contributed by atoms with Crippen LogP contribution >= 0.6 is 0 Å². The van der Waals surface area contributed by atoms with E-state index in [2.05, 4.69) is 50.7 Å². The quantitative estimate of drug-likeness (QED) is 0.793. The summed E-state index contributed by atoms with van der Waals surface area (Å²) >= 11 is 0. The van der Waals surface area contributed by atoms with Crippen LogP contribution in [0.15, 0.2) is 36.5 Å². The van der Waals surface area contributed by atoms with E-state index in [0.717, 1.165) is 30.8 Å². The Morgan fingerprint density at radius 1 is 0.926 bits per heavy atom. The molecule has 27 heavy (non-hydrogen) atoms. The third-order valence-electron chi connectivity index (χ3n) is 6.02. The molecule has 144 valence electrons. The number of nitrogens with one attached hydrogen (secondary N) is 1. The van der Waals surface area contributed by atoms with E-state index in [0.29, 0.717) is 6.04 Å². The molecule has 5 nitrogen and oxygen atoms in total. The molecule has 1 aliphatic heterocycles. The number of benzene rings is 1. The van der Waals surface area contributed by atoms with Crippen molar-refractivity contribution >= 4 is 11.8 Å². The van der Waals surface area contributed by atoms with E-state index in [1.54, 1.807) is 6.20 Å². The van der Waals surface area contributed by atoms with Gasteiger partial charge in [0.05, 0.1) is 6.20 Å². The Morgan fingerprint density at radius 2 is 1.67 bits per heavy atom. The van der Waals surface area contributed by atoms with Crippen molar-refractivity contribution in [3.05, 3.63) is 42.1 Å². The van der Waals surface area contributed by atoms with Crippen LogP contribution in [-0.4, -0.2) is 34.3 Å². The molecule has 1 saturated carbocycles. The Hall–Kier alpha value is -2.17. The summed E-state index contributed by atoms with van der Waals surface area (Å²) < 4.78 is 0. The van der Waals surface area contributed by atoms with E-state index in [1.165, 1.54) is 63.4 Å². The van der Waals surface area contributed by atoms with Crippen LogP contribution in [0.1, 0.15) is 56.9 Å². The van der Waals surface area contributed by atoms with Crippen molar-refractivity contribution < 1.29 is 0 Å². The van der Waals surface area contributed by atoms with E-state index in [-0.39, 0.29) is 0 Å². The monoisotopic (exact) mass is 365 g/mol. The molecule has 2 heterocycles. The van der Waals surface area contributed by atoms with Crippen molar-refractivity contribution in [3.63, 3.8) is 0 Å². The molecule has 0 amide bonds. The van der Waals surface area contributed by atoms with E-state index >= 15 is 0 Å². The number of piperidine rings is 1. The summed E-state index contributed by atoms with van der Waals surface area (Å²) in [6, 6.07) is 11.4. The highest BCUT2D eigenvalue weighted by Gasteiger charge is 2.22. The van der Waals surface area contributed by atoms with E-state index < -0.39 is 0 Å². The molecule has 1 saturated heterocycles. The standard InChI is InChI=1S/C22H31N5/c1-2-7-11-20(10-6-1)24-21-17-23-26-22(25-21)27-14-12-19(13-15-27)16-18-8-4-3-5-9-18/h3-5,8-9,17,19-20H,1-2,6-7,10-16H2,(H,24,25,26). The van der Waals surface area contributed by atoms with Crippen LogP contribution in [0.5, 0.6) is 0 Å². The first kappa shape index (κ1) is 18.2. The van der Waals surface area contributed by atoms with Crippen molar-refractivity contribution in [1.29, 1.82) is 0 Å². The molecule has 4 rings (SSSR count). The topological polar surface area (TPSA) is 53.9 Å². The lowest BCUT2D eigenvalue weighted by molar-refractivity contribution is 0.400. The van der Waals surface area contributed by atoms with E-state index in [9.17, 15) is 0 Å². The van der Waals surface area contributed by atoms with Crippen LogP contribution in [0.4, 0.5) is 11.8 Å². The molecule has 0 spiro atoms. The van der Waals surface area contributed by atoms with Gasteiger partial charge in [-0.25, -0.2) is 0 Å². The highest BCUT2D eigenvalue weighted by molar-refractivity contribution is 5.40. The zero-order valence-electron chi connectivity index (χ0n) is 16.2. The predicted octanol–water partition coefficient (Wildman–Crippen LogP) is 4.47. The molecule has 1 aromatic carbocycles. The minimum absolute atomic E-state index is 0.536. The van der Waals surface area contributed by atoms with Crippen molar-refractivity contribution in [2.75, 3.05) is 23.3 Å². The van der Waals surface area contributed by atoms with Gasteiger partial charge in [0.2, 0.25) is 5.95 Å². The fourth-order valence-electron chi connectivity index (χ4n) is 4.42. The normalized spacial score (nSPS) is 19.6. The number of rotatable bonds is 5. The summed E-state index contributed by atoms with van der Waals surface area (Å²) in [5.74, 6) is 2.42. The zero-order chi connectivity index (χ0) is 18.3. The third kappa shape index (κ3) is 5.18. The minimum Gasteiger partial charge on any atom is -0.366 e. The molecule has 1 aliphatic carbocycles. The Balaban J connectivity index is 1.31. The van der Waals surface area contributed by atoms with Crippen LogP contribution < -0.4 is 10.2 Å². The van der Waals surface area contributed by atoms with Crippen molar-refractivity contribution in [2.45, 2.75) is 63.8 Å². The predicted molar refractivity (Wildman–Crippen MR) is 110 cm³/mol. The second kappa shape index (κ2) is 9.16. The van der Waals surface area contributed by atoms with Gasteiger partial charge < -0.3 is 10.2 Å². The number of hydrogen-bond acceptors (Lipinski definition) is 5. The molecule has 2 aromatic rings. The zero-order valence-corrected chi connectivity index (χ0v) is 16.2. The maximum absolute atomic E-state index is 4.77. The fourth-order valence-corrected chi connectivity index (χ4v) is 4.42. The van der Waals surface area contributed by atoms with Crippen LogP contribution in [0, 0.1) is 5.92 Å². The molecule has 5 heteroatoms. The smallest absolute Gasteiger partial charge is 0.247 e. The summed E-state index contributed by atoms with van der Waals surface area (Å²) in [5, 5.41) is 12.1. The van der Waals surface area contributed by atoms with Crippen LogP contribution in [0.25, 0.3) is 0 Å². The second-order valence-electron chi connectivity index (χ2n) is 8.09. The number of anilines is 2. The van der Waals surface area contributed by atoms with Crippen molar-refractivity contribution in [2.24, 2.45) is 5.92 Å². The molecular formula is C22H31N5. The fraction of sp³-hybridized carbons (Fsp3) is 0.591. The molecule has 1 aromatic heterocycles. The first-order valence-electron chi connectivity index (χ1n) is 10.6. The lowest BCUT2D eigenvalue weighted by atomic mass is 9.90. The van der Waals surface area contributed by atoms with E-state index in [4.69, 9.17) is 4.98 Å². The highest BCUT2D eigenvalue weighted by atomic mass is 15.3. The molecule has 0 atom stereocenters. The maximum Gasteiger partial charge on any atom is 0.247 e. The molecule has 2 fully saturated rings. The van der Waals surface area contributed by atoms with Gasteiger partial charge in [-0.05, 0) is 43.6 Å². The summed E-state index contributed by atoms with van der Waals surface area (Å²) in [6.45, 7) is 2.04. The average molecular weight is 366 g/mol. The molecule has 2 aliphatic rings. The van der Waals surface area contributed by atoms with E-state index in [1.807, 2.05) is 0 Å². The Morgan fingerprint density at radius 3 is 2.41 bits per heavy atom. The summed E-state index contributed by atoms with van der Waals surface area (Å²) in [6.07, 6.45) is 13.2. The van der Waals surface area contributed by atoms with Crippen LogP contribution in [0.3, 0.4) is 0 Å². The summed E-state index contributed by atoms with van der Waals surface area (Å²) in [7, 11) is 0. The van der Waals surface area contributed by atoms with Gasteiger partial charge in [0.25, 0.3) is 0 Å². The van der Waals surface area contributed by atoms with Gasteiger partial charge in [0, 0.05) is 19.1 Å². The van der Waals surface area contributed by atoms with Gasteiger partial charge in [-0.15, -0.1) is 5.10 Å². The van der Waals surface area contributed by atoms with Gasteiger partial charge in [-0.1, -0.05) is 56.0 Å². The van der Waals surface area contributed by atoms with Gasteiger partial charge in [0.15, 0.2) is 5.82 Å². The molecule has 0 bridgehead atoms. The largest absolute Gasteiger partial charge is 0.366 e. The average Bonchev–Trinajstić information content (AvgIpc) is 2.98. The lowest BCUT2D eigenvalue weighted by Crippen LogP contribution is -2.35. The van der Waals surface area contributed by atoms with Gasteiger partial charge in [0.1, 0.15) is 0 Å². The third-order valence-corrected chi connectivity index (χ3v) is 6.02. The summed E-state index contributed by atoms with van der Waals surface area (Å²) in [5.41, 5.74) is 1.45. The highest BCUT2D eigenvalue weighted by Crippen LogP contribution is 2.25. The molecule has 0 radical (unpaired) electrons. The van der Waals surface area contributed by atoms with Crippen LogP contribution in [-0.2, 0) is 6.42 Å². The number of hydrogen-bond donors (Lipinski definition) is 1. The van der Waals surface area contributed by atoms with Crippen LogP contribution in [0.2, 0.25) is 0 Å². The minimum atomic E-state index is 0.536. The first-order chi connectivity index (χ1) is 13.4. The van der Waals surface area contributed by atoms with Gasteiger partial charge in [-0.3, -0.25) is 0 Å². The lowest BCUT2D eigenvalue weighted by Gasteiger charge is -2.32. The number of nitrogens with zero attached hydrogens (tertiary/aromatic N) is 4. The maximum atomic E-state index is 4.77.